The number of nitrogens with zero attached hydrogens (tertiary/aromatic N) is 4. The summed E-state index contributed by atoms with van der Waals surface area (Å²) in [6.07, 6.45) is 2.73. The Kier molecular flexibility index (Phi) is 5.65. The summed E-state index contributed by atoms with van der Waals surface area (Å²) in [7, 11) is 0. The van der Waals surface area contributed by atoms with Gasteiger partial charge in [0.2, 0.25) is 0 Å². The van der Waals surface area contributed by atoms with Crippen LogP contribution in [0.15, 0.2) is 48.8 Å². The van der Waals surface area contributed by atoms with Crippen LogP contribution in [0.1, 0.15) is 29.3 Å². The van der Waals surface area contributed by atoms with Crippen LogP contribution in [0.3, 0.4) is 0 Å². The lowest BCUT2D eigenvalue weighted by molar-refractivity contribution is 0.0472. The molecule has 1 aliphatic rings. The molecule has 3 aromatic rings. The van der Waals surface area contributed by atoms with E-state index in [9.17, 15) is 9.90 Å². The molecule has 1 saturated heterocycles. The number of aliphatic hydroxyl groups is 1. The summed E-state index contributed by atoms with van der Waals surface area (Å²) in [6, 6.07) is 14.2. The number of benzene rings is 2. The second kappa shape index (κ2) is 8.35. The number of aliphatic hydroxyl groups excluding tert-OH is 1. The minimum absolute atomic E-state index is 0.0497. The van der Waals surface area contributed by atoms with Crippen LogP contribution in [0, 0.1) is 6.92 Å². The van der Waals surface area contributed by atoms with E-state index in [1.807, 2.05) is 35.5 Å². The molecular weight excluding hydrogens is 364 g/mol. The second-order valence-electron chi connectivity index (χ2n) is 7.73. The highest BCUT2D eigenvalue weighted by atomic mass is 16.3. The summed E-state index contributed by atoms with van der Waals surface area (Å²) in [4.78, 5) is 21.7. The zero-order valence-electron chi connectivity index (χ0n) is 17.1. The molecule has 1 fully saturated rings. The normalized spacial score (nSPS) is 16.3. The van der Waals surface area contributed by atoms with Crippen LogP contribution >= 0.6 is 0 Å². The standard InChI is InChI=1S/C23H28N4O2/c1-3-19(15-28)25-9-11-26(12-10-25)23(29)18-7-8-22-21(14-18)24-16-27(22)20-6-4-5-17(2)13-20/h4-8,13-14,16,19,28H,3,9-12,15H2,1-2H3. The fourth-order valence-corrected chi connectivity index (χ4v) is 4.10. The van der Waals surface area contributed by atoms with Crippen molar-refractivity contribution in [2.45, 2.75) is 26.3 Å². The zero-order valence-corrected chi connectivity index (χ0v) is 17.1. The van der Waals surface area contributed by atoms with E-state index in [4.69, 9.17) is 0 Å². The predicted molar refractivity (Wildman–Crippen MR) is 114 cm³/mol. The molecule has 29 heavy (non-hydrogen) atoms. The van der Waals surface area contributed by atoms with Gasteiger partial charge >= 0.3 is 0 Å². The molecule has 0 radical (unpaired) electrons. The van der Waals surface area contributed by atoms with Crippen LogP contribution in [-0.4, -0.2) is 69.2 Å². The van der Waals surface area contributed by atoms with E-state index in [-0.39, 0.29) is 18.6 Å². The Morgan fingerprint density at radius 2 is 1.93 bits per heavy atom. The molecule has 0 spiro atoms. The van der Waals surface area contributed by atoms with Crippen molar-refractivity contribution in [1.82, 2.24) is 19.4 Å². The smallest absolute Gasteiger partial charge is 0.254 e. The molecular formula is C23H28N4O2. The summed E-state index contributed by atoms with van der Waals surface area (Å²) >= 11 is 0. The predicted octanol–water partition coefficient (Wildman–Crippen LogP) is 2.86. The maximum Gasteiger partial charge on any atom is 0.254 e. The first-order chi connectivity index (χ1) is 14.1. The lowest BCUT2D eigenvalue weighted by Crippen LogP contribution is -2.52. The van der Waals surface area contributed by atoms with E-state index in [2.05, 4.69) is 46.5 Å². The van der Waals surface area contributed by atoms with Gasteiger partial charge in [0.25, 0.3) is 5.91 Å². The monoisotopic (exact) mass is 392 g/mol. The Morgan fingerprint density at radius 1 is 1.14 bits per heavy atom. The average molecular weight is 393 g/mol. The van der Waals surface area contributed by atoms with Gasteiger partial charge in [0, 0.05) is 43.5 Å². The molecule has 1 aromatic heterocycles. The maximum atomic E-state index is 13.0. The molecule has 0 bridgehead atoms. The lowest BCUT2D eigenvalue weighted by Gasteiger charge is -2.38. The molecule has 4 rings (SSSR count). The van der Waals surface area contributed by atoms with Crippen molar-refractivity contribution in [2.24, 2.45) is 0 Å². The highest BCUT2D eigenvalue weighted by Crippen LogP contribution is 2.21. The SMILES string of the molecule is CCC(CO)N1CCN(C(=O)c2ccc3c(c2)ncn3-c2cccc(C)c2)CC1. The van der Waals surface area contributed by atoms with E-state index in [0.29, 0.717) is 18.7 Å². The first-order valence-corrected chi connectivity index (χ1v) is 10.3. The van der Waals surface area contributed by atoms with Crippen LogP contribution in [0.5, 0.6) is 0 Å². The Hall–Kier alpha value is -2.70. The van der Waals surface area contributed by atoms with Crippen LogP contribution in [0.4, 0.5) is 0 Å². The number of aromatic nitrogens is 2. The molecule has 1 amide bonds. The van der Waals surface area contributed by atoms with Crippen molar-refractivity contribution in [2.75, 3.05) is 32.8 Å². The number of amides is 1. The summed E-state index contributed by atoms with van der Waals surface area (Å²) < 4.78 is 2.05. The molecule has 2 heterocycles. The van der Waals surface area contributed by atoms with Crippen LogP contribution < -0.4 is 0 Å². The van der Waals surface area contributed by atoms with Crippen molar-refractivity contribution in [3.63, 3.8) is 0 Å². The molecule has 1 atom stereocenters. The van der Waals surface area contributed by atoms with Gasteiger partial charge in [0.05, 0.1) is 17.6 Å². The second-order valence-corrected chi connectivity index (χ2v) is 7.73. The molecule has 1 aliphatic heterocycles. The highest BCUT2D eigenvalue weighted by molar-refractivity contribution is 5.97. The third-order valence-electron chi connectivity index (χ3n) is 5.87. The number of imidazole rings is 1. The van der Waals surface area contributed by atoms with E-state index >= 15 is 0 Å². The molecule has 1 N–H and O–H groups in total. The van der Waals surface area contributed by atoms with Crippen molar-refractivity contribution in [1.29, 1.82) is 0 Å². The van der Waals surface area contributed by atoms with E-state index in [1.54, 1.807) is 0 Å². The topological polar surface area (TPSA) is 61.6 Å². The van der Waals surface area contributed by atoms with Gasteiger partial charge in [-0.3, -0.25) is 14.3 Å². The van der Waals surface area contributed by atoms with Gasteiger partial charge in [-0.2, -0.15) is 0 Å². The fourth-order valence-electron chi connectivity index (χ4n) is 4.10. The number of hydrogen-bond donors (Lipinski definition) is 1. The third-order valence-corrected chi connectivity index (χ3v) is 5.87. The van der Waals surface area contributed by atoms with Crippen molar-refractivity contribution >= 4 is 16.9 Å². The number of carbonyl (C=O) groups is 1. The number of hydrogen-bond acceptors (Lipinski definition) is 4. The minimum atomic E-state index is 0.0497. The van der Waals surface area contributed by atoms with Crippen LogP contribution in [0.25, 0.3) is 16.7 Å². The highest BCUT2D eigenvalue weighted by Gasteiger charge is 2.25. The quantitative estimate of drug-likeness (QED) is 0.725. The number of fused-ring (bicyclic) bond motifs is 1. The molecule has 1 unspecified atom stereocenters. The fraction of sp³-hybridized carbons (Fsp3) is 0.391. The van der Waals surface area contributed by atoms with Crippen LogP contribution in [0.2, 0.25) is 0 Å². The summed E-state index contributed by atoms with van der Waals surface area (Å²) in [5, 5.41) is 9.50. The van der Waals surface area contributed by atoms with E-state index < -0.39 is 0 Å². The van der Waals surface area contributed by atoms with Gasteiger partial charge in [-0.25, -0.2) is 4.98 Å². The number of carbonyl (C=O) groups excluding carboxylic acids is 1. The van der Waals surface area contributed by atoms with Gasteiger partial charge in [-0.05, 0) is 49.2 Å². The molecule has 2 aromatic carbocycles. The van der Waals surface area contributed by atoms with Crippen molar-refractivity contribution < 1.29 is 9.90 Å². The van der Waals surface area contributed by atoms with E-state index in [0.717, 1.165) is 36.2 Å². The lowest BCUT2D eigenvalue weighted by atomic mass is 10.1. The van der Waals surface area contributed by atoms with Gasteiger partial charge in [-0.1, -0.05) is 19.1 Å². The van der Waals surface area contributed by atoms with E-state index in [1.165, 1.54) is 5.56 Å². The molecule has 6 nitrogen and oxygen atoms in total. The van der Waals surface area contributed by atoms with Gasteiger partial charge in [-0.15, -0.1) is 0 Å². The largest absolute Gasteiger partial charge is 0.395 e. The van der Waals surface area contributed by atoms with Gasteiger partial charge in [0.1, 0.15) is 6.33 Å². The van der Waals surface area contributed by atoms with Crippen molar-refractivity contribution in [3.05, 3.63) is 59.9 Å². The number of aryl methyl sites for hydroxylation is 1. The first kappa shape index (κ1) is 19.6. The molecule has 0 saturated carbocycles. The average Bonchev–Trinajstić information content (AvgIpc) is 3.18. The molecule has 6 heteroatoms. The zero-order chi connectivity index (χ0) is 20.4. The number of rotatable bonds is 5. The Balaban J connectivity index is 1.51. The molecule has 152 valence electrons. The summed E-state index contributed by atoms with van der Waals surface area (Å²) in [6.45, 7) is 7.30. The van der Waals surface area contributed by atoms with Gasteiger partial charge < -0.3 is 10.0 Å². The Labute approximate surface area is 171 Å². The Bertz CT molecular complexity index is 1000. The number of piperazine rings is 1. The summed E-state index contributed by atoms with van der Waals surface area (Å²) in [5.74, 6) is 0.0497. The Morgan fingerprint density at radius 3 is 2.62 bits per heavy atom. The van der Waals surface area contributed by atoms with Crippen molar-refractivity contribution in [3.8, 4) is 5.69 Å². The third kappa shape index (κ3) is 3.91. The van der Waals surface area contributed by atoms with Gasteiger partial charge in [0.15, 0.2) is 0 Å². The minimum Gasteiger partial charge on any atom is -0.395 e. The first-order valence-electron chi connectivity index (χ1n) is 10.3. The maximum absolute atomic E-state index is 13.0. The summed E-state index contributed by atoms with van der Waals surface area (Å²) in [5.41, 5.74) is 4.75. The molecule has 0 aliphatic carbocycles. The van der Waals surface area contributed by atoms with Crippen LogP contribution in [-0.2, 0) is 0 Å².